The second kappa shape index (κ2) is 8.11. The number of ether oxygens (including phenoxy) is 1. The van der Waals surface area contributed by atoms with Gasteiger partial charge in [0.15, 0.2) is 5.69 Å². The molecule has 0 N–H and O–H groups in total. The van der Waals surface area contributed by atoms with E-state index in [1.165, 1.54) is 4.74 Å². The predicted octanol–water partition coefficient (Wildman–Crippen LogP) is 3.95. The van der Waals surface area contributed by atoms with Crippen LogP contribution in [0.5, 0.6) is 0 Å². The summed E-state index contributed by atoms with van der Waals surface area (Å²) in [4.78, 5) is 44.4. The Morgan fingerprint density at radius 2 is 1.84 bits per heavy atom. The SMILES string of the molecule is CCOC(=O)c1nc(C)cc2c1C(CC)N(c1ccc(-c3c(C)on(C)c3=O)cc1)C2=O. The molecule has 1 aromatic carbocycles. The van der Waals surface area contributed by atoms with Crippen molar-refractivity contribution in [3.8, 4) is 11.1 Å². The summed E-state index contributed by atoms with van der Waals surface area (Å²) in [6, 6.07) is 8.58. The van der Waals surface area contributed by atoms with Crippen LogP contribution in [0.1, 0.15) is 64.2 Å². The Morgan fingerprint density at radius 1 is 1.16 bits per heavy atom. The summed E-state index contributed by atoms with van der Waals surface area (Å²) in [7, 11) is 1.57. The first kappa shape index (κ1) is 21.5. The van der Waals surface area contributed by atoms with E-state index in [9.17, 15) is 14.4 Å². The van der Waals surface area contributed by atoms with Gasteiger partial charge in [0.05, 0.1) is 18.2 Å². The summed E-state index contributed by atoms with van der Waals surface area (Å²) in [6.45, 7) is 7.42. The van der Waals surface area contributed by atoms with E-state index >= 15 is 0 Å². The number of aromatic nitrogens is 2. The highest BCUT2D eigenvalue weighted by molar-refractivity contribution is 6.13. The van der Waals surface area contributed by atoms with E-state index in [1.54, 1.807) is 63.1 Å². The Bertz CT molecular complexity index is 1270. The second-order valence-corrected chi connectivity index (χ2v) is 7.77. The maximum Gasteiger partial charge on any atom is 0.357 e. The van der Waals surface area contributed by atoms with Crippen molar-refractivity contribution in [1.29, 1.82) is 0 Å². The van der Waals surface area contributed by atoms with Gasteiger partial charge >= 0.3 is 5.97 Å². The molecule has 0 fully saturated rings. The van der Waals surface area contributed by atoms with E-state index in [4.69, 9.17) is 9.26 Å². The summed E-state index contributed by atoms with van der Waals surface area (Å²) in [5.41, 5.74) is 3.51. The molecule has 0 aliphatic carbocycles. The topological polar surface area (TPSA) is 94.6 Å². The number of nitrogens with zero attached hydrogens (tertiary/aromatic N) is 3. The van der Waals surface area contributed by atoms with Gasteiger partial charge < -0.3 is 14.2 Å². The number of esters is 1. The number of fused-ring (bicyclic) bond motifs is 1. The van der Waals surface area contributed by atoms with E-state index in [0.717, 1.165) is 0 Å². The lowest BCUT2D eigenvalue weighted by molar-refractivity contribution is 0.0517. The molecule has 1 atom stereocenters. The van der Waals surface area contributed by atoms with E-state index in [2.05, 4.69) is 4.98 Å². The van der Waals surface area contributed by atoms with E-state index in [0.29, 0.717) is 45.8 Å². The summed E-state index contributed by atoms with van der Waals surface area (Å²) in [5, 5.41) is 0. The van der Waals surface area contributed by atoms with Crippen molar-refractivity contribution < 1.29 is 18.8 Å². The zero-order valence-corrected chi connectivity index (χ0v) is 18.8. The zero-order valence-electron chi connectivity index (χ0n) is 18.8. The minimum Gasteiger partial charge on any atom is -0.461 e. The molecule has 8 heteroatoms. The Hall–Kier alpha value is -3.68. The lowest BCUT2D eigenvalue weighted by Gasteiger charge is -2.25. The van der Waals surface area contributed by atoms with Gasteiger partial charge in [-0.25, -0.2) is 9.78 Å². The first-order valence-electron chi connectivity index (χ1n) is 10.6. The van der Waals surface area contributed by atoms with Gasteiger partial charge in [-0.05, 0) is 51.0 Å². The van der Waals surface area contributed by atoms with Crippen LogP contribution in [0, 0.1) is 13.8 Å². The third-order valence-corrected chi connectivity index (χ3v) is 5.70. The minimum atomic E-state index is -0.526. The number of pyridine rings is 1. The van der Waals surface area contributed by atoms with Gasteiger partial charge in [-0.15, -0.1) is 0 Å². The molecule has 0 spiro atoms. The molecule has 4 rings (SSSR count). The Kier molecular flexibility index (Phi) is 5.46. The summed E-state index contributed by atoms with van der Waals surface area (Å²) >= 11 is 0. The Labute approximate surface area is 185 Å². The average Bonchev–Trinajstić information content (AvgIpc) is 3.19. The molecule has 166 valence electrons. The minimum absolute atomic E-state index is 0.189. The van der Waals surface area contributed by atoms with Gasteiger partial charge in [-0.2, -0.15) is 4.74 Å². The van der Waals surface area contributed by atoms with Crippen molar-refractivity contribution in [3.63, 3.8) is 0 Å². The van der Waals surface area contributed by atoms with Crippen LogP contribution in [-0.4, -0.2) is 28.2 Å². The molecule has 0 bridgehead atoms. The number of hydrogen-bond donors (Lipinski definition) is 0. The number of anilines is 1. The highest BCUT2D eigenvalue weighted by Gasteiger charge is 2.41. The van der Waals surface area contributed by atoms with Gasteiger partial charge in [0, 0.05) is 29.6 Å². The molecule has 3 aromatic rings. The third kappa shape index (κ3) is 3.32. The van der Waals surface area contributed by atoms with Crippen molar-refractivity contribution in [3.05, 3.63) is 69.0 Å². The second-order valence-electron chi connectivity index (χ2n) is 7.77. The molecule has 32 heavy (non-hydrogen) atoms. The van der Waals surface area contributed by atoms with Gasteiger partial charge in [0.25, 0.3) is 11.5 Å². The Balaban J connectivity index is 1.77. The fraction of sp³-hybridized carbons (Fsp3) is 0.333. The zero-order chi connectivity index (χ0) is 23.2. The summed E-state index contributed by atoms with van der Waals surface area (Å²) in [6.07, 6.45) is 0.596. The maximum atomic E-state index is 13.4. The largest absolute Gasteiger partial charge is 0.461 e. The summed E-state index contributed by atoms with van der Waals surface area (Å²) < 4.78 is 11.8. The molecule has 1 aliphatic heterocycles. The highest BCUT2D eigenvalue weighted by Crippen LogP contribution is 2.41. The van der Waals surface area contributed by atoms with E-state index in [1.807, 2.05) is 6.92 Å². The van der Waals surface area contributed by atoms with Crippen molar-refractivity contribution >= 4 is 17.6 Å². The molecule has 2 aromatic heterocycles. The summed E-state index contributed by atoms with van der Waals surface area (Å²) in [5.74, 6) is -0.185. The maximum absolute atomic E-state index is 13.4. The molecule has 0 saturated carbocycles. The number of benzene rings is 1. The van der Waals surface area contributed by atoms with Crippen LogP contribution in [0.15, 0.2) is 39.6 Å². The van der Waals surface area contributed by atoms with Crippen LogP contribution >= 0.6 is 0 Å². The van der Waals surface area contributed by atoms with Crippen LogP contribution < -0.4 is 10.5 Å². The number of aryl methyl sites for hydroxylation is 3. The van der Waals surface area contributed by atoms with Crippen molar-refractivity contribution in [1.82, 2.24) is 9.72 Å². The lowest BCUT2D eigenvalue weighted by atomic mass is 9.99. The predicted molar refractivity (Wildman–Crippen MR) is 119 cm³/mol. The van der Waals surface area contributed by atoms with Crippen LogP contribution in [-0.2, 0) is 11.8 Å². The fourth-order valence-electron chi connectivity index (χ4n) is 4.35. The van der Waals surface area contributed by atoms with Crippen LogP contribution in [0.4, 0.5) is 5.69 Å². The van der Waals surface area contributed by atoms with Crippen molar-refractivity contribution in [2.24, 2.45) is 7.05 Å². The van der Waals surface area contributed by atoms with Crippen LogP contribution in [0.25, 0.3) is 11.1 Å². The number of carbonyl (C=O) groups excluding carboxylic acids is 2. The quantitative estimate of drug-likeness (QED) is 0.564. The molecule has 1 amide bonds. The molecule has 1 aliphatic rings. The van der Waals surface area contributed by atoms with E-state index < -0.39 is 5.97 Å². The van der Waals surface area contributed by atoms with Gasteiger partial charge in [-0.3, -0.25) is 9.59 Å². The van der Waals surface area contributed by atoms with Gasteiger partial charge in [0.2, 0.25) is 0 Å². The van der Waals surface area contributed by atoms with Crippen LogP contribution in [0.2, 0.25) is 0 Å². The number of carbonyl (C=O) groups is 2. The Morgan fingerprint density at radius 3 is 2.41 bits per heavy atom. The number of rotatable bonds is 5. The molecular weight excluding hydrogens is 410 g/mol. The van der Waals surface area contributed by atoms with Crippen LogP contribution in [0.3, 0.4) is 0 Å². The average molecular weight is 435 g/mol. The highest BCUT2D eigenvalue weighted by atomic mass is 16.5. The standard InChI is InChI=1S/C24H25N3O5/c1-6-18-20-17(12-13(3)25-21(20)24(30)31-7-2)22(28)27(18)16-10-8-15(9-11-16)19-14(4)32-26(5)23(19)29/h8-12,18H,6-7H2,1-5H3. The van der Waals surface area contributed by atoms with Gasteiger partial charge in [-0.1, -0.05) is 19.1 Å². The molecule has 8 nitrogen and oxygen atoms in total. The molecule has 1 unspecified atom stereocenters. The molecule has 0 saturated heterocycles. The van der Waals surface area contributed by atoms with Crippen molar-refractivity contribution in [2.45, 2.75) is 40.2 Å². The first-order valence-corrected chi connectivity index (χ1v) is 10.6. The number of hydrogen-bond acceptors (Lipinski definition) is 6. The fourth-order valence-corrected chi connectivity index (χ4v) is 4.35. The van der Waals surface area contributed by atoms with E-state index in [-0.39, 0.29) is 29.8 Å². The lowest BCUT2D eigenvalue weighted by Crippen LogP contribution is -2.27. The monoisotopic (exact) mass is 435 g/mol. The normalized spacial score (nSPS) is 15.2. The smallest absolute Gasteiger partial charge is 0.357 e. The number of amides is 1. The van der Waals surface area contributed by atoms with Crippen molar-refractivity contribution in [2.75, 3.05) is 11.5 Å². The molecule has 3 heterocycles. The molecular formula is C24H25N3O5. The first-order chi connectivity index (χ1) is 15.3. The third-order valence-electron chi connectivity index (χ3n) is 5.70. The van der Waals surface area contributed by atoms with Gasteiger partial charge in [0.1, 0.15) is 5.76 Å². The molecule has 0 radical (unpaired) electrons.